The molecule has 5 nitrogen and oxygen atoms in total. The number of hydrogen-bond donors (Lipinski definition) is 2. The van der Waals surface area contributed by atoms with Crippen LogP contribution in [0, 0.1) is 13.8 Å². The Kier molecular flexibility index (Phi) is 6.75. The summed E-state index contributed by atoms with van der Waals surface area (Å²) >= 11 is 0. The molecule has 5 heteroatoms. The van der Waals surface area contributed by atoms with Crippen molar-refractivity contribution in [3.8, 4) is 0 Å². The minimum Gasteiger partial charge on any atom is -0.478 e. The van der Waals surface area contributed by atoms with Gasteiger partial charge in [0.05, 0.1) is 5.71 Å². The summed E-state index contributed by atoms with van der Waals surface area (Å²) in [5.41, 5.74) is 6.46. The van der Waals surface area contributed by atoms with Crippen LogP contribution in [-0.4, -0.2) is 27.0 Å². The number of aliphatic carboxylic acids is 1. The predicted molar refractivity (Wildman–Crippen MR) is 118 cm³/mol. The van der Waals surface area contributed by atoms with Crippen LogP contribution in [0.15, 0.2) is 78.1 Å². The molecule has 0 fully saturated rings. The number of aromatic nitrogens is 1. The van der Waals surface area contributed by atoms with E-state index in [2.05, 4.69) is 29.2 Å². The highest BCUT2D eigenvalue weighted by Gasteiger charge is 2.20. The Hall–Kier alpha value is -3.73. The molecule has 0 bridgehead atoms. The second-order valence-corrected chi connectivity index (χ2v) is 7.18. The predicted octanol–water partition coefficient (Wildman–Crippen LogP) is 5.20. The maximum Gasteiger partial charge on any atom is 0.328 e. The van der Waals surface area contributed by atoms with Crippen LogP contribution in [-0.2, 0) is 4.79 Å². The fraction of sp³-hybridized carbons (Fsp3) is 0.160. The summed E-state index contributed by atoms with van der Waals surface area (Å²) in [6.45, 7) is 3.97. The lowest BCUT2D eigenvalue weighted by molar-refractivity contribution is -0.131. The smallest absolute Gasteiger partial charge is 0.328 e. The fourth-order valence-corrected chi connectivity index (χ4v) is 3.53. The number of oxime groups is 1. The summed E-state index contributed by atoms with van der Waals surface area (Å²) in [6, 6.07) is 19.7. The third kappa shape index (κ3) is 5.20. The van der Waals surface area contributed by atoms with Gasteiger partial charge >= 0.3 is 5.97 Å². The maximum absolute atomic E-state index is 10.8. The molecule has 0 aliphatic rings. The topological polar surface area (TPSA) is 82.8 Å². The molecule has 0 amide bonds. The van der Waals surface area contributed by atoms with Crippen molar-refractivity contribution < 1.29 is 15.1 Å². The lowest BCUT2D eigenvalue weighted by Crippen LogP contribution is -2.12. The van der Waals surface area contributed by atoms with E-state index in [1.165, 1.54) is 0 Å². The van der Waals surface area contributed by atoms with Crippen molar-refractivity contribution >= 4 is 17.8 Å². The molecule has 3 aromatic rings. The number of rotatable bonds is 7. The van der Waals surface area contributed by atoms with Gasteiger partial charge in [0.1, 0.15) is 0 Å². The number of carboxylic acids is 1. The van der Waals surface area contributed by atoms with E-state index in [-0.39, 0.29) is 5.92 Å². The molecular weight excluding hydrogens is 376 g/mol. The van der Waals surface area contributed by atoms with Crippen molar-refractivity contribution in [2.24, 2.45) is 5.16 Å². The van der Waals surface area contributed by atoms with Gasteiger partial charge in [0.25, 0.3) is 0 Å². The Morgan fingerprint density at radius 1 is 1.10 bits per heavy atom. The summed E-state index contributed by atoms with van der Waals surface area (Å²) in [5.74, 6) is -1.00. The Morgan fingerprint density at radius 3 is 2.47 bits per heavy atom. The molecule has 1 heterocycles. The molecule has 1 atom stereocenters. The molecule has 3 rings (SSSR count). The van der Waals surface area contributed by atoms with Crippen molar-refractivity contribution in [1.29, 1.82) is 0 Å². The lowest BCUT2D eigenvalue weighted by Gasteiger charge is -2.21. The second-order valence-electron chi connectivity index (χ2n) is 7.18. The van der Waals surface area contributed by atoms with Gasteiger partial charge in [0.15, 0.2) is 0 Å². The number of pyridine rings is 1. The molecule has 1 unspecified atom stereocenters. The minimum absolute atomic E-state index is 0.0249. The Bertz CT molecular complexity index is 1090. The van der Waals surface area contributed by atoms with Crippen molar-refractivity contribution in [1.82, 2.24) is 4.98 Å². The average molecular weight is 400 g/mol. The van der Waals surface area contributed by atoms with Gasteiger partial charge in [0, 0.05) is 35.9 Å². The monoisotopic (exact) mass is 400 g/mol. The molecule has 0 saturated heterocycles. The standard InChI is InChI=1S/C25H24N2O3/c1-17-5-3-4-6-22(17)23(16-24(27-30)21-13-14-26-18(2)15-21)20-10-7-19(8-11-20)9-12-25(28)29/h3-15,23,30H,16H2,1-2H3,(H,28,29)/b12-9+,27-24-. The van der Waals surface area contributed by atoms with Crippen LogP contribution in [0.3, 0.4) is 0 Å². The first kappa shape index (κ1) is 21.0. The van der Waals surface area contributed by atoms with Crippen LogP contribution in [0.5, 0.6) is 0 Å². The van der Waals surface area contributed by atoms with E-state index >= 15 is 0 Å². The molecule has 30 heavy (non-hydrogen) atoms. The first-order chi connectivity index (χ1) is 14.5. The zero-order valence-electron chi connectivity index (χ0n) is 17.0. The van der Waals surface area contributed by atoms with Crippen LogP contribution in [0.1, 0.15) is 45.8 Å². The van der Waals surface area contributed by atoms with Crippen molar-refractivity contribution in [3.63, 3.8) is 0 Å². The number of carboxylic acid groups (broad SMARTS) is 1. The van der Waals surface area contributed by atoms with E-state index in [1.54, 1.807) is 12.3 Å². The molecule has 2 aromatic carbocycles. The van der Waals surface area contributed by atoms with E-state index < -0.39 is 5.97 Å². The molecule has 0 saturated carbocycles. The van der Waals surface area contributed by atoms with Crippen LogP contribution < -0.4 is 0 Å². The Labute approximate surface area is 176 Å². The molecule has 0 spiro atoms. The summed E-state index contributed by atoms with van der Waals surface area (Å²) in [7, 11) is 0. The SMILES string of the molecule is Cc1cc(/C(CC(c2ccc(/C=C/C(=O)O)cc2)c2ccccc2C)=N\O)ccn1. The first-order valence-corrected chi connectivity index (χ1v) is 9.68. The van der Waals surface area contributed by atoms with Gasteiger partial charge in [-0.3, -0.25) is 4.98 Å². The molecule has 0 radical (unpaired) electrons. The van der Waals surface area contributed by atoms with Gasteiger partial charge in [-0.2, -0.15) is 0 Å². The molecule has 1 aromatic heterocycles. The lowest BCUT2D eigenvalue weighted by atomic mass is 9.83. The van der Waals surface area contributed by atoms with Crippen molar-refractivity contribution in [2.75, 3.05) is 0 Å². The van der Waals surface area contributed by atoms with Crippen molar-refractivity contribution in [2.45, 2.75) is 26.2 Å². The first-order valence-electron chi connectivity index (χ1n) is 9.68. The zero-order chi connectivity index (χ0) is 21.5. The van der Waals surface area contributed by atoms with E-state index in [0.717, 1.165) is 39.6 Å². The molecule has 2 N–H and O–H groups in total. The summed E-state index contributed by atoms with van der Waals surface area (Å²) < 4.78 is 0. The fourth-order valence-electron chi connectivity index (χ4n) is 3.53. The number of aryl methyl sites for hydroxylation is 2. The molecule has 152 valence electrons. The largest absolute Gasteiger partial charge is 0.478 e. The maximum atomic E-state index is 10.8. The number of benzene rings is 2. The van der Waals surface area contributed by atoms with Crippen molar-refractivity contribution in [3.05, 3.63) is 106 Å². The second kappa shape index (κ2) is 9.65. The highest BCUT2D eigenvalue weighted by atomic mass is 16.4. The van der Waals surface area contributed by atoms with Crippen LogP contribution in [0.25, 0.3) is 6.08 Å². The van der Waals surface area contributed by atoms with E-state index in [1.807, 2.05) is 55.5 Å². The van der Waals surface area contributed by atoms with Gasteiger partial charge in [-0.25, -0.2) is 4.79 Å². The number of carbonyl (C=O) groups is 1. The van der Waals surface area contributed by atoms with Gasteiger partial charge in [-0.05, 0) is 54.3 Å². The summed E-state index contributed by atoms with van der Waals surface area (Å²) in [5, 5.41) is 22.2. The Morgan fingerprint density at radius 2 is 1.83 bits per heavy atom. The highest BCUT2D eigenvalue weighted by molar-refractivity contribution is 6.01. The van der Waals surface area contributed by atoms with Gasteiger partial charge in [-0.1, -0.05) is 53.7 Å². The molecule has 0 aliphatic carbocycles. The number of nitrogens with zero attached hydrogens (tertiary/aromatic N) is 2. The van der Waals surface area contributed by atoms with E-state index in [9.17, 15) is 10.0 Å². The molecular formula is C25H24N2O3. The number of hydrogen-bond acceptors (Lipinski definition) is 4. The highest BCUT2D eigenvalue weighted by Crippen LogP contribution is 2.32. The van der Waals surface area contributed by atoms with Crippen LogP contribution in [0.4, 0.5) is 0 Å². The van der Waals surface area contributed by atoms with Gasteiger partial charge < -0.3 is 10.3 Å². The molecule has 0 aliphatic heterocycles. The quantitative estimate of drug-likeness (QED) is 0.247. The van der Waals surface area contributed by atoms with E-state index in [4.69, 9.17) is 5.11 Å². The van der Waals surface area contributed by atoms with Crippen LogP contribution >= 0.6 is 0 Å². The summed E-state index contributed by atoms with van der Waals surface area (Å²) in [4.78, 5) is 15.0. The van der Waals surface area contributed by atoms with Gasteiger partial charge in [-0.15, -0.1) is 0 Å². The Balaban J connectivity index is 1.99. The third-order valence-electron chi connectivity index (χ3n) is 5.07. The summed E-state index contributed by atoms with van der Waals surface area (Å²) in [6.07, 6.45) is 4.91. The average Bonchev–Trinajstić information content (AvgIpc) is 2.74. The normalized spacial score (nSPS) is 12.8. The minimum atomic E-state index is -0.978. The third-order valence-corrected chi connectivity index (χ3v) is 5.07. The van der Waals surface area contributed by atoms with E-state index in [0.29, 0.717) is 12.1 Å². The zero-order valence-corrected chi connectivity index (χ0v) is 17.0. The van der Waals surface area contributed by atoms with Gasteiger partial charge in [0.2, 0.25) is 0 Å². The van der Waals surface area contributed by atoms with Crippen LogP contribution in [0.2, 0.25) is 0 Å².